The van der Waals surface area contributed by atoms with Crippen LogP contribution in [-0.4, -0.2) is 44.2 Å². The molecule has 0 aliphatic carbocycles. The van der Waals surface area contributed by atoms with Crippen molar-refractivity contribution < 1.29 is 9.59 Å². The molecule has 0 N–H and O–H groups in total. The zero-order valence-electron chi connectivity index (χ0n) is 13.1. The molecule has 0 aromatic heterocycles. The molecule has 0 spiro atoms. The molecule has 0 saturated carbocycles. The molecule has 114 valence electrons. The van der Waals surface area contributed by atoms with Gasteiger partial charge in [-0.1, -0.05) is 36.4 Å². The Hall–Kier alpha value is -2.40. The average Bonchev–Trinajstić information content (AvgIpc) is 2.60. The van der Waals surface area contributed by atoms with Gasteiger partial charge in [0.2, 0.25) is 20.9 Å². The number of hydrogen-bond acceptors (Lipinski definition) is 2. The molecule has 2 rings (SSSR count). The highest BCUT2D eigenvalue weighted by Crippen LogP contribution is 2.10. The first-order valence-electron chi connectivity index (χ1n) is 7.17. The highest BCUT2D eigenvalue weighted by atomic mass is 28.3. The Balaban J connectivity index is 2.11. The van der Waals surface area contributed by atoms with Gasteiger partial charge in [0.25, 0.3) is 0 Å². The number of benzene rings is 2. The number of rotatable bonds is 4. The van der Waals surface area contributed by atoms with Crippen molar-refractivity contribution in [2.24, 2.45) is 0 Å². The van der Waals surface area contributed by atoms with Gasteiger partial charge in [-0.05, 0) is 30.8 Å². The lowest BCUT2D eigenvalue weighted by Crippen LogP contribution is -2.52. The lowest BCUT2D eigenvalue weighted by Gasteiger charge is -2.31. The van der Waals surface area contributed by atoms with Crippen molar-refractivity contribution >= 4 is 20.9 Å². The SMILES string of the molecule is CN(C(=O)c1ccccc1)[SiH](C)N(C)C(=O)c1ccccc1. The fourth-order valence-electron chi connectivity index (χ4n) is 2.17. The number of nitrogens with zero attached hydrogens (tertiary/aromatic N) is 2. The molecule has 5 heteroatoms. The summed E-state index contributed by atoms with van der Waals surface area (Å²) in [6.07, 6.45) is 0. The van der Waals surface area contributed by atoms with Crippen LogP contribution in [-0.2, 0) is 0 Å². The summed E-state index contributed by atoms with van der Waals surface area (Å²) in [6, 6.07) is 18.3. The van der Waals surface area contributed by atoms with Crippen LogP contribution in [0.2, 0.25) is 6.55 Å². The van der Waals surface area contributed by atoms with E-state index in [1.165, 1.54) is 0 Å². The number of amides is 2. The van der Waals surface area contributed by atoms with Gasteiger partial charge in [-0.25, -0.2) is 0 Å². The minimum atomic E-state index is -1.88. The summed E-state index contributed by atoms with van der Waals surface area (Å²) in [5.41, 5.74) is 1.29. The average molecular weight is 312 g/mol. The largest absolute Gasteiger partial charge is 0.353 e. The maximum absolute atomic E-state index is 12.5. The first-order valence-corrected chi connectivity index (χ1v) is 9.35. The van der Waals surface area contributed by atoms with Crippen LogP contribution in [0, 0.1) is 0 Å². The van der Waals surface area contributed by atoms with Gasteiger partial charge < -0.3 is 9.13 Å². The molecule has 0 fully saturated rings. The Morgan fingerprint density at radius 1 is 0.727 bits per heavy atom. The molecule has 0 aliphatic rings. The Bertz CT molecular complexity index is 589. The van der Waals surface area contributed by atoms with Crippen LogP contribution >= 0.6 is 0 Å². The third-order valence-corrected chi connectivity index (χ3v) is 6.51. The van der Waals surface area contributed by atoms with Crippen LogP contribution in [0.3, 0.4) is 0 Å². The van der Waals surface area contributed by atoms with Crippen LogP contribution < -0.4 is 0 Å². The predicted molar refractivity (Wildman–Crippen MR) is 90.1 cm³/mol. The van der Waals surface area contributed by atoms with E-state index >= 15 is 0 Å². The van der Waals surface area contributed by atoms with Crippen molar-refractivity contribution in [1.82, 2.24) is 9.13 Å². The fraction of sp³-hybridized carbons (Fsp3) is 0.176. The minimum absolute atomic E-state index is 0.0486. The molecule has 2 aromatic rings. The highest BCUT2D eigenvalue weighted by Gasteiger charge is 2.26. The van der Waals surface area contributed by atoms with Crippen LogP contribution in [0.15, 0.2) is 60.7 Å². The molecule has 0 heterocycles. The summed E-state index contributed by atoms with van der Waals surface area (Å²) in [6.45, 7) is 1.97. The Labute approximate surface area is 132 Å². The predicted octanol–water partition coefficient (Wildman–Crippen LogP) is 2.38. The molecule has 0 atom stereocenters. The monoisotopic (exact) mass is 312 g/mol. The third-order valence-electron chi connectivity index (χ3n) is 3.80. The molecule has 22 heavy (non-hydrogen) atoms. The summed E-state index contributed by atoms with van der Waals surface area (Å²) in [7, 11) is 1.65. The molecule has 0 unspecified atom stereocenters. The molecule has 0 radical (unpaired) electrons. The summed E-state index contributed by atoms with van der Waals surface area (Å²) >= 11 is 0. The van der Waals surface area contributed by atoms with E-state index in [0.29, 0.717) is 11.1 Å². The fourth-order valence-corrected chi connectivity index (χ4v) is 3.66. The molecule has 2 aromatic carbocycles. The van der Waals surface area contributed by atoms with E-state index in [1.54, 1.807) is 47.5 Å². The second-order valence-corrected chi connectivity index (χ2v) is 8.01. The molecule has 0 bridgehead atoms. The van der Waals surface area contributed by atoms with Gasteiger partial charge in [0.15, 0.2) is 0 Å². The van der Waals surface area contributed by atoms with Crippen LogP contribution in [0.4, 0.5) is 0 Å². The van der Waals surface area contributed by atoms with E-state index in [2.05, 4.69) is 0 Å². The number of carbonyl (C=O) groups is 2. The van der Waals surface area contributed by atoms with E-state index in [-0.39, 0.29) is 11.8 Å². The lowest BCUT2D eigenvalue weighted by atomic mass is 10.2. The summed E-state index contributed by atoms with van der Waals surface area (Å²) in [5, 5.41) is 0. The molecule has 0 aliphatic heterocycles. The molecular weight excluding hydrogens is 292 g/mol. The highest BCUT2D eigenvalue weighted by molar-refractivity contribution is 6.58. The molecular formula is C17H20N2O2Si. The van der Waals surface area contributed by atoms with E-state index in [0.717, 1.165) is 0 Å². The van der Waals surface area contributed by atoms with Gasteiger partial charge in [0.05, 0.1) is 0 Å². The first-order chi connectivity index (χ1) is 10.5. The molecule has 0 saturated heterocycles. The van der Waals surface area contributed by atoms with Crippen molar-refractivity contribution in [3.8, 4) is 0 Å². The van der Waals surface area contributed by atoms with Crippen molar-refractivity contribution in [3.63, 3.8) is 0 Å². The van der Waals surface area contributed by atoms with Gasteiger partial charge in [0.1, 0.15) is 0 Å². The van der Waals surface area contributed by atoms with Crippen LogP contribution in [0.25, 0.3) is 0 Å². The minimum Gasteiger partial charge on any atom is -0.353 e. The summed E-state index contributed by atoms with van der Waals surface area (Å²) in [5.74, 6) is -0.0973. The smallest absolute Gasteiger partial charge is 0.249 e. The zero-order chi connectivity index (χ0) is 16.1. The maximum atomic E-state index is 12.5. The number of carbonyl (C=O) groups excluding carboxylic acids is 2. The van der Waals surface area contributed by atoms with E-state index < -0.39 is 9.12 Å². The molecule has 4 nitrogen and oxygen atoms in total. The Morgan fingerprint density at radius 2 is 1.05 bits per heavy atom. The maximum Gasteiger partial charge on any atom is 0.249 e. The van der Waals surface area contributed by atoms with Gasteiger partial charge in [-0.2, -0.15) is 0 Å². The third kappa shape index (κ3) is 3.43. The van der Waals surface area contributed by atoms with Crippen LogP contribution in [0.1, 0.15) is 20.7 Å². The summed E-state index contributed by atoms with van der Waals surface area (Å²) in [4.78, 5) is 24.9. The summed E-state index contributed by atoms with van der Waals surface area (Å²) < 4.78 is 3.41. The standard InChI is InChI=1S/C17H20N2O2Si/c1-18(16(20)14-10-6-4-7-11-14)22(3)19(2)17(21)15-12-8-5-9-13-15/h4-13,22H,1-3H3. The van der Waals surface area contributed by atoms with Crippen LogP contribution in [0.5, 0.6) is 0 Å². The van der Waals surface area contributed by atoms with Gasteiger partial charge in [-0.3, -0.25) is 9.59 Å². The van der Waals surface area contributed by atoms with Gasteiger partial charge in [-0.15, -0.1) is 0 Å². The zero-order valence-corrected chi connectivity index (χ0v) is 14.2. The Kier molecular flexibility index (Phi) is 5.11. The lowest BCUT2D eigenvalue weighted by molar-refractivity contribution is 0.0835. The first kappa shape index (κ1) is 16.0. The van der Waals surface area contributed by atoms with E-state index in [4.69, 9.17) is 0 Å². The Morgan fingerprint density at radius 3 is 1.36 bits per heavy atom. The van der Waals surface area contributed by atoms with Gasteiger partial charge in [0, 0.05) is 25.2 Å². The van der Waals surface area contributed by atoms with Crippen molar-refractivity contribution in [2.75, 3.05) is 14.1 Å². The second-order valence-electron chi connectivity index (χ2n) is 5.20. The van der Waals surface area contributed by atoms with Crippen molar-refractivity contribution in [2.45, 2.75) is 6.55 Å². The topological polar surface area (TPSA) is 40.6 Å². The van der Waals surface area contributed by atoms with Gasteiger partial charge >= 0.3 is 0 Å². The normalized spacial score (nSPS) is 10.4. The van der Waals surface area contributed by atoms with E-state index in [9.17, 15) is 9.59 Å². The van der Waals surface area contributed by atoms with Crippen molar-refractivity contribution in [3.05, 3.63) is 71.8 Å². The second kappa shape index (κ2) is 7.04. The van der Waals surface area contributed by atoms with Crippen molar-refractivity contribution in [1.29, 1.82) is 0 Å². The quantitative estimate of drug-likeness (QED) is 0.813. The molecule has 2 amide bonds. The van der Waals surface area contributed by atoms with E-state index in [1.807, 2.05) is 42.9 Å². The number of hydrogen-bond donors (Lipinski definition) is 0.